The Hall–Kier alpha value is -1.84. The Morgan fingerprint density at radius 3 is 2.85 bits per heavy atom. The van der Waals surface area contributed by atoms with Crippen molar-refractivity contribution in [2.24, 2.45) is 0 Å². The van der Waals surface area contributed by atoms with Crippen LogP contribution in [0.5, 0.6) is 0 Å². The number of carbonyl (C=O) groups is 3. The quantitative estimate of drug-likeness (QED) is 0.478. The third-order valence-electron chi connectivity index (χ3n) is 3.84. The molecule has 1 aliphatic rings. The second-order valence-electron chi connectivity index (χ2n) is 5.96. The lowest BCUT2D eigenvalue weighted by atomic mass is 10.3. The van der Waals surface area contributed by atoms with Gasteiger partial charge in [0.15, 0.2) is 0 Å². The van der Waals surface area contributed by atoms with Gasteiger partial charge in [-0.25, -0.2) is 4.79 Å². The summed E-state index contributed by atoms with van der Waals surface area (Å²) in [5.74, 6) is -0.279. The van der Waals surface area contributed by atoms with Gasteiger partial charge in [0.25, 0.3) is 0 Å². The van der Waals surface area contributed by atoms with Crippen LogP contribution in [0, 0.1) is 0 Å². The van der Waals surface area contributed by atoms with E-state index in [2.05, 4.69) is 26.0 Å². The molecule has 2 rings (SSSR count). The second-order valence-corrected chi connectivity index (χ2v) is 7.81. The summed E-state index contributed by atoms with van der Waals surface area (Å²) in [6.45, 7) is 1.38. The number of nitrogens with one attached hydrogen (secondary N) is 1. The van der Waals surface area contributed by atoms with Crippen LogP contribution in [0.25, 0.3) is 0 Å². The van der Waals surface area contributed by atoms with Crippen LogP contribution in [0.1, 0.15) is 6.42 Å². The molecule has 1 heterocycles. The molecule has 27 heavy (non-hydrogen) atoms. The summed E-state index contributed by atoms with van der Waals surface area (Å²) in [6, 6.07) is 7.43. The molecule has 1 N–H and O–H groups in total. The number of likely N-dealkylation sites (N-methyl/N-ethyl adjacent to an activating group) is 1. The molecule has 0 spiro atoms. The van der Waals surface area contributed by atoms with Crippen molar-refractivity contribution in [3.8, 4) is 0 Å². The van der Waals surface area contributed by atoms with E-state index in [9.17, 15) is 14.4 Å². The van der Waals surface area contributed by atoms with E-state index in [0.29, 0.717) is 30.3 Å². The lowest BCUT2D eigenvalue weighted by Gasteiger charge is -2.20. The molecule has 0 unspecified atom stereocenters. The molecule has 0 saturated carbocycles. The highest BCUT2D eigenvalue weighted by Crippen LogP contribution is 2.28. The molecule has 2 amide bonds. The number of nitrogens with zero attached hydrogens (tertiary/aromatic N) is 2. The first kappa shape index (κ1) is 21.5. The lowest BCUT2D eigenvalue weighted by molar-refractivity contribution is -0.135. The summed E-state index contributed by atoms with van der Waals surface area (Å²) in [7, 11) is 3.16. The molecule has 146 valence electrons. The summed E-state index contributed by atoms with van der Waals surface area (Å²) in [5.41, 5.74) is 0.730. The van der Waals surface area contributed by atoms with Gasteiger partial charge in [-0.15, -0.1) is 0 Å². The highest BCUT2D eigenvalue weighted by atomic mass is 79.9. The van der Waals surface area contributed by atoms with Gasteiger partial charge in [0.2, 0.25) is 11.8 Å². The third kappa shape index (κ3) is 6.67. The average molecular weight is 456 g/mol. The molecule has 0 bridgehead atoms. The molecule has 1 aromatic rings. The van der Waals surface area contributed by atoms with Crippen molar-refractivity contribution >= 4 is 51.2 Å². The van der Waals surface area contributed by atoms with E-state index in [1.54, 1.807) is 4.90 Å². The minimum atomic E-state index is -0.474. The number of esters is 1. The number of rotatable bonds is 8. The number of hydrogen-bond acceptors (Lipinski definition) is 6. The summed E-state index contributed by atoms with van der Waals surface area (Å²) < 4.78 is 5.45. The van der Waals surface area contributed by atoms with Gasteiger partial charge in [0.1, 0.15) is 0 Å². The number of amides is 2. The molecule has 0 radical (unpaired) electrons. The molecule has 0 aromatic heterocycles. The van der Waals surface area contributed by atoms with Crippen molar-refractivity contribution in [2.75, 3.05) is 44.9 Å². The van der Waals surface area contributed by atoms with Crippen molar-refractivity contribution in [1.82, 2.24) is 9.80 Å². The topological polar surface area (TPSA) is 79.0 Å². The molecule has 1 saturated heterocycles. The number of carbonyl (C=O) groups excluding carboxylic acids is 3. The second kappa shape index (κ2) is 10.5. The summed E-state index contributed by atoms with van der Waals surface area (Å²) in [5, 5.41) is 3.47. The third-order valence-corrected chi connectivity index (χ3v) is 5.55. The fourth-order valence-electron chi connectivity index (χ4n) is 2.50. The first-order valence-corrected chi connectivity index (χ1v) is 10.1. The lowest BCUT2D eigenvalue weighted by Crippen LogP contribution is -2.33. The van der Waals surface area contributed by atoms with E-state index in [-0.39, 0.29) is 18.4 Å². The van der Waals surface area contributed by atoms with Crippen LogP contribution in [0.4, 0.5) is 5.69 Å². The Bertz CT molecular complexity index is 741. The van der Waals surface area contributed by atoms with Gasteiger partial charge >= 0.3 is 5.97 Å². The molecule has 7 nitrogen and oxygen atoms in total. The number of thioether (sulfide) groups is 1. The molecule has 1 aromatic carbocycles. The number of anilines is 1. The number of benzene rings is 1. The number of hydrogen-bond donors (Lipinski definition) is 1. The van der Waals surface area contributed by atoms with Crippen molar-refractivity contribution < 1.29 is 19.1 Å². The van der Waals surface area contributed by atoms with Crippen LogP contribution in [0.15, 0.2) is 39.8 Å². The maximum atomic E-state index is 12.2. The number of ether oxygens (including phenoxy) is 1. The summed E-state index contributed by atoms with van der Waals surface area (Å²) >= 11 is 4.73. The SMILES string of the molecule is COC(=O)C=C1SCC(=O)N1CCCN(C)CC(=O)Nc1ccccc1Br. The monoisotopic (exact) mass is 455 g/mol. The fourth-order valence-corrected chi connectivity index (χ4v) is 3.84. The van der Waals surface area contributed by atoms with Gasteiger partial charge in [0.05, 0.1) is 36.2 Å². The minimum Gasteiger partial charge on any atom is -0.466 e. The predicted molar refractivity (Wildman–Crippen MR) is 109 cm³/mol. The highest BCUT2D eigenvalue weighted by Gasteiger charge is 2.27. The number of halogens is 1. The normalized spacial score (nSPS) is 15.5. The van der Waals surface area contributed by atoms with Gasteiger partial charge in [-0.1, -0.05) is 23.9 Å². The van der Waals surface area contributed by atoms with Crippen LogP contribution in [0.2, 0.25) is 0 Å². The van der Waals surface area contributed by atoms with Crippen LogP contribution in [-0.2, 0) is 19.1 Å². The average Bonchev–Trinajstić information content (AvgIpc) is 2.96. The zero-order valence-electron chi connectivity index (χ0n) is 15.2. The maximum Gasteiger partial charge on any atom is 0.333 e. The fraction of sp³-hybridized carbons (Fsp3) is 0.389. The van der Waals surface area contributed by atoms with E-state index < -0.39 is 5.97 Å². The maximum absolute atomic E-state index is 12.2. The standard InChI is InChI=1S/C18H22BrN3O4S/c1-21(11-15(23)20-14-7-4-3-6-13(14)19)8-5-9-22-16(24)12-27-17(22)10-18(25)26-2/h3-4,6-7,10H,5,8-9,11-12H2,1-2H3,(H,20,23). The molecule has 0 atom stereocenters. The van der Waals surface area contributed by atoms with Crippen molar-refractivity contribution in [1.29, 1.82) is 0 Å². The zero-order valence-corrected chi connectivity index (χ0v) is 17.6. The van der Waals surface area contributed by atoms with Crippen molar-refractivity contribution in [2.45, 2.75) is 6.42 Å². The van der Waals surface area contributed by atoms with Gasteiger partial charge in [-0.3, -0.25) is 14.5 Å². The number of para-hydroxylation sites is 1. The van der Waals surface area contributed by atoms with Crippen LogP contribution in [-0.4, -0.2) is 67.1 Å². The first-order chi connectivity index (χ1) is 12.9. The largest absolute Gasteiger partial charge is 0.466 e. The van der Waals surface area contributed by atoms with Gasteiger partial charge in [0, 0.05) is 17.6 Å². The molecule has 9 heteroatoms. The zero-order chi connectivity index (χ0) is 19.8. The Morgan fingerprint density at radius 2 is 2.15 bits per heavy atom. The minimum absolute atomic E-state index is 0.0236. The predicted octanol–water partition coefficient (Wildman–Crippen LogP) is 2.30. The molecule has 0 aliphatic carbocycles. The Kier molecular flexibility index (Phi) is 8.33. The highest BCUT2D eigenvalue weighted by molar-refractivity contribution is 9.10. The number of methoxy groups -OCH3 is 1. The van der Waals surface area contributed by atoms with Crippen molar-refractivity contribution in [3.05, 3.63) is 39.8 Å². The molecular formula is C18H22BrN3O4S. The Labute approximate surface area is 171 Å². The smallest absolute Gasteiger partial charge is 0.333 e. The summed E-state index contributed by atoms with van der Waals surface area (Å²) in [4.78, 5) is 39.0. The summed E-state index contributed by atoms with van der Waals surface area (Å²) in [6.07, 6.45) is 2.02. The van der Waals surface area contributed by atoms with Crippen LogP contribution >= 0.6 is 27.7 Å². The van der Waals surface area contributed by atoms with E-state index in [1.807, 2.05) is 36.2 Å². The first-order valence-electron chi connectivity index (χ1n) is 8.36. The van der Waals surface area contributed by atoms with Crippen LogP contribution < -0.4 is 5.32 Å². The van der Waals surface area contributed by atoms with Gasteiger partial charge in [-0.2, -0.15) is 0 Å². The Balaban J connectivity index is 1.78. The van der Waals surface area contributed by atoms with Crippen molar-refractivity contribution in [3.63, 3.8) is 0 Å². The molecular weight excluding hydrogens is 434 g/mol. The molecule has 1 aliphatic heterocycles. The molecule has 1 fully saturated rings. The van der Waals surface area contributed by atoms with E-state index in [4.69, 9.17) is 0 Å². The van der Waals surface area contributed by atoms with E-state index in [1.165, 1.54) is 24.9 Å². The van der Waals surface area contributed by atoms with Gasteiger partial charge < -0.3 is 15.0 Å². The van der Waals surface area contributed by atoms with E-state index in [0.717, 1.165) is 10.2 Å². The van der Waals surface area contributed by atoms with E-state index >= 15 is 0 Å². The van der Waals surface area contributed by atoms with Crippen LogP contribution in [0.3, 0.4) is 0 Å². The Morgan fingerprint density at radius 1 is 1.41 bits per heavy atom. The van der Waals surface area contributed by atoms with Gasteiger partial charge in [-0.05, 0) is 41.5 Å².